The predicted octanol–water partition coefficient (Wildman–Crippen LogP) is 3.68. The molecule has 0 aliphatic heterocycles. The van der Waals surface area contributed by atoms with Gasteiger partial charge in [-0.1, -0.05) is 54.6 Å². The van der Waals surface area contributed by atoms with E-state index in [4.69, 9.17) is 14.3 Å². The number of benzene rings is 3. The zero-order chi connectivity index (χ0) is 17.9. The highest BCUT2D eigenvalue weighted by Crippen LogP contribution is 2.28. The van der Waals surface area contributed by atoms with E-state index in [0.29, 0.717) is 0 Å². The molecule has 0 aliphatic carbocycles. The molecule has 0 unspecified atom stereocenters. The molecular formula is C21H19BN2O2. The van der Waals surface area contributed by atoms with Gasteiger partial charge in [-0.25, -0.2) is 4.98 Å². The number of fused-ring (bicyclic) bond motifs is 1. The first kappa shape index (κ1) is 16.6. The molecule has 0 saturated carbocycles. The molecule has 128 valence electrons. The van der Waals surface area contributed by atoms with E-state index in [2.05, 4.69) is 34.9 Å². The zero-order valence-electron chi connectivity index (χ0n) is 14.8. The Morgan fingerprint density at radius 1 is 0.769 bits per heavy atom. The molecule has 0 bridgehead atoms. The summed E-state index contributed by atoms with van der Waals surface area (Å²) in [4.78, 5) is 4.87. The number of imidazole rings is 1. The zero-order valence-corrected chi connectivity index (χ0v) is 14.8. The van der Waals surface area contributed by atoms with Gasteiger partial charge in [-0.05, 0) is 29.7 Å². The van der Waals surface area contributed by atoms with E-state index in [-0.39, 0.29) is 7.12 Å². The van der Waals surface area contributed by atoms with Crippen LogP contribution in [0.4, 0.5) is 0 Å². The molecule has 4 rings (SSSR count). The summed E-state index contributed by atoms with van der Waals surface area (Å²) in [5.41, 5.74) is 5.17. The van der Waals surface area contributed by atoms with Crippen molar-refractivity contribution in [2.45, 2.75) is 0 Å². The maximum Gasteiger partial charge on any atom is 0.493 e. The third-order valence-corrected chi connectivity index (χ3v) is 4.44. The predicted molar refractivity (Wildman–Crippen MR) is 106 cm³/mol. The van der Waals surface area contributed by atoms with Crippen LogP contribution in [0.5, 0.6) is 0 Å². The van der Waals surface area contributed by atoms with Crippen molar-refractivity contribution in [3.05, 3.63) is 78.9 Å². The van der Waals surface area contributed by atoms with Crippen LogP contribution in [0, 0.1) is 0 Å². The van der Waals surface area contributed by atoms with Crippen molar-refractivity contribution in [3.63, 3.8) is 0 Å². The summed E-state index contributed by atoms with van der Waals surface area (Å²) in [6.07, 6.45) is 0. The van der Waals surface area contributed by atoms with E-state index in [0.717, 1.165) is 33.6 Å². The molecule has 0 atom stereocenters. The van der Waals surface area contributed by atoms with Crippen LogP contribution < -0.4 is 5.46 Å². The fourth-order valence-corrected chi connectivity index (χ4v) is 3.22. The lowest BCUT2D eigenvalue weighted by Gasteiger charge is -2.11. The lowest BCUT2D eigenvalue weighted by atomic mass is 9.79. The second kappa shape index (κ2) is 7.16. The first-order chi connectivity index (χ1) is 12.8. The maximum atomic E-state index is 5.33. The van der Waals surface area contributed by atoms with E-state index in [1.165, 1.54) is 0 Å². The van der Waals surface area contributed by atoms with Gasteiger partial charge < -0.3 is 9.31 Å². The Balaban J connectivity index is 1.87. The number of nitrogens with zero attached hydrogens (tertiary/aromatic N) is 2. The minimum absolute atomic E-state index is 0.364. The SMILES string of the molecule is COB(OC)c1ccc(-c2nc3ccccc3n2-c2ccccc2)cc1. The fraction of sp³-hybridized carbons (Fsp3) is 0.0952. The van der Waals surface area contributed by atoms with Gasteiger partial charge in [0.2, 0.25) is 0 Å². The standard InChI is InChI=1S/C21H19BN2O2/c1-25-22(26-2)17-14-12-16(13-15-17)21-23-19-10-6-7-11-20(19)24(21)18-8-4-3-5-9-18/h3-15H,1-2H3. The van der Waals surface area contributed by atoms with Crippen molar-refractivity contribution in [3.8, 4) is 17.1 Å². The molecule has 0 amide bonds. The summed E-state index contributed by atoms with van der Waals surface area (Å²) in [5, 5.41) is 0. The third-order valence-electron chi connectivity index (χ3n) is 4.44. The van der Waals surface area contributed by atoms with Crippen molar-refractivity contribution in [2.24, 2.45) is 0 Å². The molecule has 0 radical (unpaired) electrons. The Morgan fingerprint density at radius 3 is 2.12 bits per heavy atom. The Hall–Kier alpha value is -2.89. The van der Waals surface area contributed by atoms with Crippen molar-refractivity contribution in [1.29, 1.82) is 0 Å². The molecule has 1 aromatic heterocycles. The monoisotopic (exact) mass is 342 g/mol. The Morgan fingerprint density at radius 2 is 1.42 bits per heavy atom. The van der Waals surface area contributed by atoms with Crippen molar-refractivity contribution < 1.29 is 9.31 Å². The molecule has 4 nitrogen and oxygen atoms in total. The Kier molecular flexibility index (Phi) is 4.56. The van der Waals surface area contributed by atoms with E-state index >= 15 is 0 Å². The molecular weight excluding hydrogens is 323 g/mol. The summed E-state index contributed by atoms with van der Waals surface area (Å²) in [5.74, 6) is 0.912. The lowest BCUT2D eigenvalue weighted by molar-refractivity contribution is 0.292. The number of aromatic nitrogens is 2. The van der Waals surface area contributed by atoms with Crippen molar-refractivity contribution in [2.75, 3.05) is 14.2 Å². The molecule has 0 spiro atoms. The van der Waals surface area contributed by atoms with Crippen LogP contribution in [-0.2, 0) is 9.31 Å². The minimum atomic E-state index is -0.364. The van der Waals surface area contributed by atoms with Crippen LogP contribution in [0.25, 0.3) is 28.1 Å². The van der Waals surface area contributed by atoms with Crippen LogP contribution >= 0.6 is 0 Å². The van der Waals surface area contributed by atoms with Crippen molar-refractivity contribution in [1.82, 2.24) is 9.55 Å². The summed E-state index contributed by atoms with van der Waals surface area (Å²) >= 11 is 0. The molecule has 26 heavy (non-hydrogen) atoms. The minimum Gasteiger partial charge on any atom is -0.410 e. The summed E-state index contributed by atoms with van der Waals surface area (Å²) in [6.45, 7) is 0. The quantitative estimate of drug-likeness (QED) is 0.519. The first-order valence-electron chi connectivity index (χ1n) is 8.50. The third kappa shape index (κ3) is 2.92. The van der Waals surface area contributed by atoms with E-state index in [1.54, 1.807) is 14.2 Å². The van der Waals surface area contributed by atoms with Gasteiger partial charge in [0.25, 0.3) is 0 Å². The molecule has 0 saturated heterocycles. The van der Waals surface area contributed by atoms with E-state index < -0.39 is 0 Å². The average molecular weight is 342 g/mol. The van der Waals surface area contributed by atoms with Gasteiger partial charge in [0.15, 0.2) is 0 Å². The van der Waals surface area contributed by atoms with E-state index in [9.17, 15) is 0 Å². The molecule has 3 aromatic carbocycles. The van der Waals surface area contributed by atoms with Gasteiger partial charge in [0.05, 0.1) is 11.0 Å². The number of hydrogen-bond acceptors (Lipinski definition) is 3. The topological polar surface area (TPSA) is 36.3 Å². The molecule has 0 aliphatic rings. The summed E-state index contributed by atoms with van der Waals surface area (Å²) in [6, 6.07) is 26.6. The second-order valence-electron chi connectivity index (χ2n) is 6.02. The first-order valence-corrected chi connectivity index (χ1v) is 8.50. The van der Waals surface area contributed by atoms with Crippen LogP contribution in [0.2, 0.25) is 0 Å². The van der Waals surface area contributed by atoms with Gasteiger partial charge in [-0.15, -0.1) is 0 Å². The number of rotatable bonds is 5. The van der Waals surface area contributed by atoms with Crippen molar-refractivity contribution >= 4 is 23.6 Å². The lowest BCUT2D eigenvalue weighted by Crippen LogP contribution is -2.34. The van der Waals surface area contributed by atoms with E-state index in [1.807, 2.05) is 48.5 Å². The average Bonchev–Trinajstić information content (AvgIpc) is 3.10. The van der Waals surface area contributed by atoms with Gasteiger partial charge in [-0.3, -0.25) is 4.57 Å². The Bertz CT molecular complexity index is 1010. The molecule has 0 fully saturated rings. The highest BCUT2D eigenvalue weighted by Gasteiger charge is 2.19. The molecule has 4 aromatic rings. The van der Waals surface area contributed by atoms with Crippen LogP contribution in [0.15, 0.2) is 78.9 Å². The molecule has 0 N–H and O–H groups in total. The maximum absolute atomic E-state index is 5.33. The second-order valence-corrected chi connectivity index (χ2v) is 6.02. The van der Waals surface area contributed by atoms with Crippen LogP contribution in [0.3, 0.4) is 0 Å². The molecule has 1 heterocycles. The summed E-state index contributed by atoms with van der Waals surface area (Å²) < 4.78 is 12.8. The van der Waals surface area contributed by atoms with Gasteiger partial charge in [0, 0.05) is 25.5 Å². The van der Waals surface area contributed by atoms with Gasteiger partial charge in [0.1, 0.15) is 5.82 Å². The van der Waals surface area contributed by atoms with Crippen LogP contribution in [-0.4, -0.2) is 30.9 Å². The fourth-order valence-electron chi connectivity index (χ4n) is 3.22. The Labute approximate surface area is 153 Å². The highest BCUT2D eigenvalue weighted by molar-refractivity contribution is 6.61. The highest BCUT2D eigenvalue weighted by atomic mass is 16.6. The van der Waals surface area contributed by atoms with Gasteiger partial charge in [-0.2, -0.15) is 0 Å². The number of hydrogen-bond donors (Lipinski definition) is 0. The number of para-hydroxylation sites is 3. The van der Waals surface area contributed by atoms with Gasteiger partial charge >= 0.3 is 7.12 Å². The summed E-state index contributed by atoms with van der Waals surface area (Å²) in [7, 11) is 2.91. The van der Waals surface area contributed by atoms with Crippen LogP contribution in [0.1, 0.15) is 0 Å². The largest absolute Gasteiger partial charge is 0.493 e. The molecule has 5 heteroatoms. The normalized spacial score (nSPS) is 11.0. The smallest absolute Gasteiger partial charge is 0.410 e.